The summed E-state index contributed by atoms with van der Waals surface area (Å²) in [6.45, 7) is 5.14. The van der Waals surface area contributed by atoms with Crippen LogP contribution in [0.5, 0.6) is 0 Å². The van der Waals surface area contributed by atoms with E-state index in [1.54, 1.807) is 19.2 Å². The van der Waals surface area contributed by atoms with E-state index in [1.165, 1.54) is 0 Å². The maximum absolute atomic E-state index is 13.6. The third-order valence-corrected chi connectivity index (χ3v) is 7.22. The number of hydrogen-bond acceptors (Lipinski definition) is 4. The minimum atomic E-state index is -0.152. The molecule has 202 valence electrons. The van der Waals surface area contributed by atoms with E-state index in [4.69, 9.17) is 0 Å². The third kappa shape index (κ3) is 6.20. The third-order valence-electron chi connectivity index (χ3n) is 7.22. The molecule has 0 atom stereocenters. The van der Waals surface area contributed by atoms with Crippen molar-refractivity contribution in [3.8, 4) is 11.1 Å². The smallest absolute Gasteiger partial charge is 0.252 e. The van der Waals surface area contributed by atoms with Crippen LogP contribution in [-0.2, 0) is 16.1 Å². The highest BCUT2D eigenvalue weighted by Crippen LogP contribution is 2.33. The van der Waals surface area contributed by atoms with Gasteiger partial charge < -0.3 is 20.9 Å². The highest BCUT2D eigenvalue weighted by molar-refractivity contribution is 6.22. The molecule has 3 N–H and O–H groups in total. The molecule has 0 radical (unpaired) electrons. The molecule has 1 aliphatic heterocycles. The Morgan fingerprint density at radius 2 is 1.62 bits per heavy atom. The van der Waals surface area contributed by atoms with Crippen molar-refractivity contribution in [2.75, 3.05) is 30.9 Å². The summed E-state index contributed by atoms with van der Waals surface area (Å²) in [7, 11) is 3.45. The molecule has 1 fully saturated rings. The van der Waals surface area contributed by atoms with Crippen LogP contribution in [0.3, 0.4) is 0 Å². The van der Waals surface area contributed by atoms with Crippen LogP contribution in [0.1, 0.15) is 54.6 Å². The van der Waals surface area contributed by atoms with E-state index in [-0.39, 0.29) is 17.7 Å². The first-order chi connectivity index (χ1) is 18.9. The summed E-state index contributed by atoms with van der Waals surface area (Å²) in [5, 5.41) is 8.92. The van der Waals surface area contributed by atoms with Gasteiger partial charge in [0, 0.05) is 61.7 Å². The lowest BCUT2D eigenvalue weighted by atomic mass is 9.93. The number of amides is 3. The molecule has 1 heterocycles. The number of carbonyl (C=O) groups excluding carboxylic acids is 3. The summed E-state index contributed by atoms with van der Waals surface area (Å²) in [4.78, 5) is 39.4. The van der Waals surface area contributed by atoms with Gasteiger partial charge in [-0.3, -0.25) is 14.4 Å². The molecule has 0 unspecified atom stereocenters. The number of benzene rings is 3. The summed E-state index contributed by atoms with van der Waals surface area (Å²) in [6, 6.07) is 21.3. The van der Waals surface area contributed by atoms with Crippen LogP contribution in [0.4, 0.5) is 11.4 Å². The highest BCUT2D eigenvalue weighted by atomic mass is 16.2. The first-order valence-electron chi connectivity index (χ1n) is 13.4. The molecule has 1 aliphatic rings. The Kier molecular flexibility index (Phi) is 8.81. The van der Waals surface area contributed by atoms with Gasteiger partial charge in [0.15, 0.2) is 0 Å². The van der Waals surface area contributed by atoms with E-state index in [0.717, 1.165) is 58.6 Å². The predicted molar refractivity (Wildman–Crippen MR) is 158 cm³/mol. The first kappa shape index (κ1) is 27.6. The lowest BCUT2D eigenvalue weighted by Gasteiger charge is -2.18. The van der Waals surface area contributed by atoms with Crippen molar-refractivity contribution in [3.63, 3.8) is 0 Å². The number of hydrogen-bond donors (Lipinski definition) is 3. The van der Waals surface area contributed by atoms with Crippen molar-refractivity contribution < 1.29 is 14.4 Å². The molecule has 7 nitrogen and oxygen atoms in total. The Hall–Kier alpha value is -4.39. The second kappa shape index (κ2) is 12.4. The van der Waals surface area contributed by atoms with Gasteiger partial charge >= 0.3 is 0 Å². The zero-order valence-corrected chi connectivity index (χ0v) is 23.1. The number of anilines is 2. The number of nitrogens with zero attached hydrogens (tertiary/aromatic N) is 1. The van der Waals surface area contributed by atoms with Gasteiger partial charge in [-0.1, -0.05) is 42.8 Å². The van der Waals surface area contributed by atoms with Gasteiger partial charge in [-0.05, 0) is 72.9 Å². The maximum atomic E-state index is 13.6. The van der Waals surface area contributed by atoms with Gasteiger partial charge in [-0.25, -0.2) is 0 Å². The van der Waals surface area contributed by atoms with E-state index in [9.17, 15) is 14.4 Å². The van der Waals surface area contributed by atoms with Crippen LogP contribution in [0.2, 0.25) is 0 Å². The Morgan fingerprint density at radius 3 is 2.21 bits per heavy atom. The highest BCUT2D eigenvalue weighted by Gasteiger charge is 2.22. The Bertz CT molecular complexity index is 1390. The molecule has 0 aromatic heterocycles. The van der Waals surface area contributed by atoms with Crippen LogP contribution in [0.25, 0.3) is 16.7 Å². The average Bonchev–Trinajstić information content (AvgIpc) is 3.41. The minimum absolute atomic E-state index is 0.145. The maximum Gasteiger partial charge on any atom is 0.252 e. The van der Waals surface area contributed by atoms with Gasteiger partial charge in [-0.2, -0.15) is 0 Å². The second-order valence-corrected chi connectivity index (χ2v) is 9.67. The van der Waals surface area contributed by atoms with Crippen molar-refractivity contribution in [2.45, 2.75) is 39.7 Å². The summed E-state index contributed by atoms with van der Waals surface area (Å²) in [5.74, 6) is -0.129. The van der Waals surface area contributed by atoms with E-state index in [2.05, 4.69) is 16.0 Å². The van der Waals surface area contributed by atoms with E-state index in [1.807, 2.05) is 80.4 Å². The standard InChI is InChI=1S/C32H36N4O3/c1-5-21(2)30(32(39)35-20-22-8-10-24(11-9-22)31(38)34-4)27-19-25(14-17-28(27)33-3)23-12-15-26(16-13-23)36-18-6-7-29(36)37/h8-17,19,33H,5-7,18,20H2,1-4H3,(H,34,38)(H,35,39). The Morgan fingerprint density at radius 1 is 0.923 bits per heavy atom. The van der Waals surface area contributed by atoms with Gasteiger partial charge in [0.2, 0.25) is 5.91 Å². The molecule has 39 heavy (non-hydrogen) atoms. The summed E-state index contributed by atoms with van der Waals surface area (Å²) in [6.07, 6.45) is 2.23. The van der Waals surface area contributed by atoms with Crippen LogP contribution in [0, 0.1) is 0 Å². The minimum Gasteiger partial charge on any atom is -0.388 e. The van der Waals surface area contributed by atoms with Gasteiger partial charge in [0.25, 0.3) is 11.8 Å². The molecule has 0 saturated carbocycles. The molecule has 1 saturated heterocycles. The van der Waals surface area contributed by atoms with Crippen molar-refractivity contribution in [1.29, 1.82) is 0 Å². The zero-order valence-electron chi connectivity index (χ0n) is 23.1. The SMILES string of the molecule is CCC(C)=C(C(=O)NCc1ccc(C(=O)NC)cc1)c1cc(-c2ccc(N3CCCC3=O)cc2)ccc1NC. The molecular formula is C32H36N4O3. The van der Waals surface area contributed by atoms with Crippen molar-refractivity contribution in [3.05, 3.63) is 89.0 Å². The fourth-order valence-electron chi connectivity index (χ4n) is 4.82. The Labute approximate surface area is 230 Å². The van der Waals surface area contributed by atoms with E-state index in [0.29, 0.717) is 24.1 Å². The van der Waals surface area contributed by atoms with Crippen molar-refractivity contribution in [1.82, 2.24) is 10.6 Å². The largest absolute Gasteiger partial charge is 0.388 e. The number of allylic oxidation sites excluding steroid dienone is 1. The first-order valence-corrected chi connectivity index (χ1v) is 13.4. The lowest BCUT2D eigenvalue weighted by molar-refractivity contribution is -0.117. The van der Waals surface area contributed by atoms with E-state index >= 15 is 0 Å². The number of nitrogens with one attached hydrogen (secondary N) is 3. The van der Waals surface area contributed by atoms with Crippen LogP contribution >= 0.6 is 0 Å². The fraction of sp³-hybridized carbons (Fsp3) is 0.281. The predicted octanol–water partition coefficient (Wildman–Crippen LogP) is 5.38. The lowest BCUT2D eigenvalue weighted by Crippen LogP contribution is -2.25. The average molecular weight is 525 g/mol. The van der Waals surface area contributed by atoms with E-state index < -0.39 is 0 Å². The quantitative estimate of drug-likeness (QED) is 0.328. The summed E-state index contributed by atoms with van der Waals surface area (Å²) >= 11 is 0. The normalized spacial score (nSPS) is 13.6. The van der Waals surface area contributed by atoms with Crippen LogP contribution in [0.15, 0.2) is 72.3 Å². The van der Waals surface area contributed by atoms with Crippen molar-refractivity contribution in [2.24, 2.45) is 0 Å². The van der Waals surface area contributed by atoms with Crippen LogP contribution < -0.4 is 20.9 Å². The molecule has 3 aromatic rings. The molecule has 0 aliphatic carbocycles. The molecular weight excluding hydrogens is 488 g/mol. The summed E-state index contributed by atoms with van der Waals surface area (Å²) in [5.41, 5.74) is 7.73. The number of carbonyl (C=O) groups is 3. The number of rotatable bonds is 9. The second-order valence-electron chi connectivity index (χ2n) is 9.67. The monoisotopic (exact) mass is 524 g/mol. The molecule has 0 bridgehead atoms. The van der Waals surface area contributed by atoms with Gasteiger partial charge in [0.05, 0.1) is 0 Å². The fourth-order valence-corrected chi connectivity index (χ4v) is 4.82. The zero-order chi connectivity index (χ0) is 27.9. The van der Waals surface area contributed by atoms with Crippen LogP contribution in [-0.4, -0.2) is 38.4 Å². The summed E-state index contributed by atoms with van der Waals surface area (Å²) < 4.78 is 0. The van der Waals surface area contributed by atoms with Gasteiger partial charge in [-0.15, -0.1) is 0 Å². The molecule has 0 spiro atoms. The molecule has 7 heteroatoms. The molecule has 4 rings (SSSR count). The topological polar surface area (TPSA) is 90.5 Å². The Balaban J connectivity index is 1.59. The molecule has 3 amide bonds. The van der Waals surface area contributed by atoms with Crippen molar-refractivity contribution >= 4 is 34.7 Å². The van der Waals surface area contributed by atoms with Gasteiger partial charge in [0.1, 0.15) is 0 Å². The molecule has 3 aromatic carbocycles.